The predicted octanol–water partition coefficient (Wildman–Crippen LogP) is 6.09. The fraction of sp³-hybridized carbons (Fsp3) is 0.0800. The number of nitrogens with zero attached hydrogens (tertiary/aromatic N) is 1. The molecule has 0 bridgehead atoms. The Bertz CT molecular complexity index is 1280. The molecule has 0 atom stereocenters. The van der Waals surface area contributed by atoms with Gasteiger partial charge in [0.2, 0.25) is 0 Å². The molecular weight excluding hydrogens is 511 g/mol. The minimum Gasteiger partial charge on any atom is -0.484 e. The van der Waals surface area contributed by atoms with E-state index in [0.29, 0.717) is 37.3 Å². The first-order chi connectivity index (χ1) is 16.4. The standard InChI is InChI=1S/C25H18Cl2N2O3S2/c26-20-10-9-18(13-21(20)27)29-24(31)22(34-25(29)33)12-17-7-4-8-19(11-17)32-15-23(30)28-14-16-5-2-1-3-6-16/h1-13H,14-15H2,(H,28,30)/b22-12-. The minimum absolute atomic E-state index is 0.115. The van der Waals surface area contributed by atoms with Crippen LogP contribution in [0.25, 0.3) is 6.08 Å². The molecule has 0 aliphatic carbocycles. The van der Waals surface area contributed by atoms with Gasteiger partial charge in [-0.3, -0.25) is 14.5 Å². The van der Waals surface area contributed by atoms with Gasteiger partial charge >= 0.3 is 0 Å². The topological polar surface area (TPSA) is 58.6 Å². The van der Waals surface area contributed by atoms with Crippen molar-refractivity contribution in [1.82, 2.24) is 5.32 Å². The molecule has 0 radical (unpaired) electrons. The molecule has 0 aromatic heterocycles. The van der Waals surface area contributed by atoms with Crippen LogP contribution in [0.15, 0.2) is 77.7 Å². The number of hydrogen-bond acceptors (Lipinski definition) is 5. The Morgan fingerprint density at radius 3 is 2.59 bits per heavy atom. The highest BCUT2D eigenvalue weighted by molar-refractivity contribution is 8.27. The first-order valence-electron chi connectivity index (χ1n) is 10.2. The third-order valence-corrected chi connectivity index (χ3v) is 6.85. The van der Waals surface area contributed by atoms with Crippen LogP contribution in [0.3, 0.4) is 0 Å². The van der Waals surface area contributed by atoms with Crippen LogP contribution < -0.4 is 15.0 Å². The molecule has 1 N–H and O–H groups in total. The molecule has 0 spiro atoms. The second-order valence-corrected chi connectivity index (χ2v) is 9.73. The molecule has 4 rings (SSSR count). The largest absolute Gasteiger partial charge is 0.484 e. The fourth-order valence-corrected chi connectivity index (χ4v) is 4.75. The Kier molecular flexibility index (Phi) is 7.90. The Balaban J connectivity index is 1.40. The molecule has 1 aliphatic heterocycles. The summed E-state index contributed by atoms with van der Waals surface area (Å²) in [4.78, 5) is 27.0. The zero-order valence-electron chi connectivity index (χ0n) is 17.7. The van der Waals surface area contributed by atoms with Gasteiger partial charge in [0, 0.05) is 6.54 Å². The number of thioether (sulfide) groups is 1. The number of hydrogen-bond donors (Lipinski definition) is 1. The van der Waals surface area contributed by atoms with Crippen LogP contribution in [0.1, 0.15) is 11.1 Å². The van der Waals surface area contributed by atoms with Gasteiger partial charge in [-0.25, -0.2) is 0 Å². The maximum absolute atomic E-state index is 13.0. The van der Waals surface area contributed by atoms with Crippen LogP contribution >= 0.6 is 47.2 Å². The lowest BCUT2D eigenvalue weighted by Gasteiger charge is -2.15. The van der Waals surface area contributed by atoms with Crippen molar-refractivity contribution in [2.45, 2.75) is 6.54 Å². The molecule has 9 heteroatoms. The number of amides is 2. The second kappa shape index (κ2) is 11.1. The predicted molar refractivity (Wildman–Crippen MR) is 142 cm³/mol. The maximum atomic E-state index is 13.0. The van der Waals surface area contributed by atoms with E-state index in [4.69, 9.17) is 40.2 Å². The summed E-state index contributed by atoms with van der Waals surface area (Å²) in [6, 6.07) is 21.7. The van der Waals surface area contributed by atoms with E-state index in [2.05, 4.69) is 5.32 Å². The van der Waals surface area contributed by atoms with E-state index < -0.39 is 0 Å². The molecule has 172 valence electrons. The Hall–Kier alpha value is -2.84. The number of anilines is 1. The molecule has 34 heavy (non-hydrogen) atoms. The maximum Gasteiger partial charge on any atom is 0.270 e. The van der Waals surface area contributed by atoms with Crippen LogP contribution in [-0.2, 0) is 16.1 Å². The zero-order valence-corrected chi connectivity index (χ0v) is 20.8. The first kappa shape index (κ1) is 24.3. The van der Waals surface area contributed by atoms with Crippen molar-refractivity contribution >= 4 is 75.1 Å². The van der Waals surface area contributed by atoms with Gasteiger partial charge < -0.3 is 10.1 Å². The summed E-state index contributed by atoms with van der Waals surface area (Å²) in [7, 11) is 0. The second-order valence-electron chi connectivity index (χ2n) is 7.24. The minimum atomic E-state index is -0.250. The monoisotopic (exact) mass is 528 g/mol. The molecule has 1 saturated heterocycles. The van der Waals surface area contributed by atoms with E-state index in [1.54, 1.807) is 42.5 Å². The molecule has 1 heterocycles. The quantitative estimate of drug-likeness (QED) is 0.296. The summed E-state index contributed by atoms with van der Waals surface area (Å²) < 4.78 is 6.03. The van der Waals surface area contributed by atoms with Crippen molar-refractivity contribution in [2.24, 2.45) is 0 Å². The van der Waals surface area contributed by atoms with E-state index in [1.807, 2.05) is 36.4 Å². The number of carbonyl (C=O) groups excluding carboxylic acids is 2. The lowest BCUT2D eigenvalue weighted by Crippen LogP contribution is -2.28. The molecule has 2 amide bonds. The Morgan fingerprint density at radius 1 is 1.03 bits per heavy atom. The smallest absolute Gasteiger partial charge is 0.270 e. The summed E-state index contributed by atoms with van der Waals surface area (Å²) >= 11 is 18.7. The molecule has 5 nitrogen and oxygen atoms in total. The number of halogens is 2. The van der Waals surface area contributed by atoms with Crippen LogP contribution in [0, 0.1) is 0 Å². The van der Waals surface area contributed by atoms with Gasteiger partial charge in [-0.2, -0.15) is 0 Å². The molecular formula is C25H18Cl2N2O3S2. The third-order valence-electron chi connectivity index (χ3n) is 4.81. The van der Waals surface area contributed by atoms with Crippen LogP contribution in [0.5, 0.6) is 5.75 Å². The van der Waals surface area contributed by atoms with Gasteiger partial charge in [0.1, 0.15) is 5.75 Å². The number of benzene rings is 3. The van der Waals surface area contributed by atoms with E-state index in [0.717, 1.165) is 11.1 Å². The summed E-state index contributed by atoms with van der Waals surface area (Å²) in [5.74, 6) is 0.0420. The van der Waals surface area contributed by atoms with Crippen molar-refractivity contribution in [3.05, 3.63) is 98.9 Å². The van der Waals surface area contributed by atoms with Gasteiger partial charge in [0.05, 0.1) is 20.6 Å². The lowest BCUT2D eigenvalue weighted by molar-refractivity contribution is -0.123. The zero-order chi connectivity index (χ0) is 24.1. The highest BCUT2D eigenvalue weighted by atomic mass is 35.5. The SMILES string of the molecule is O=C(COc1cccc(/C=C2\SC(=S)N(c3ccc(Cl)c(Cl)c3)C2=O)c1)NCc1ccccc1. The number of ether oxygens (including phenoxy) is 1. The van der Waals surface area contributed by atoms with Gasteiger partial charge in [-0.05, 0) is 47.5 Å². The molecule has 1 aliphatic rings. The Labute approximate surface area is 216 Å². The average molecular weight is 529 g/mol. The van der Waals surface area contributed by atoms with Crippen molar-refractivity contribution in [3.8, 4) is 5.75 Å². The van der Waals surface area contributed by atoms with Gasteiger partial charge in [0.25, 0.3) is 11.8 Å². The Morgan fingerprint density at radius 2 is 1.82 bits per heavy atom. The summed E-state index contributed by atoms with van der Waals surface area (Å²) in [5, 5.41) is 3.56. The fourth-order valence-electron chi connectivity index (χ4n) is 3.16. The third kappa shape index (κ3) is 5.98. The van der Waals surface area contributed by atoms with E-state index in [1.165, 1.54) is 16.7 Å². The molecule has 3 aromatic rings. The molecule has 3 aromatic carbocycles. The molecule has 0 saturated carbocycles. The van der Waals surface area contributed by atoms with Crippen molar-refractivity contribution in [2.75, 3.05) is 11.5 Å². The van der Waals surface area contributed by atoms with E-state index in [9.17, 15) is 9.59 Å². The highest BCUT2D eigenvalue weighted by Gasteiger charge is 2.33. The lowest BCUT2D eigenvalue weighted by atomic mass is 10.2. The van der Waals surface area contributed by atoms with E-state index in [-0.39, 0.29) is 18.4 Å². The normalized spacial score (nSPS) is 14.5. The number of thiocarbonyl (C=S) groups is 1. The number of carbonyl (C=O) groups is 2. The van der Waals surface area contributed by atoms with Gasteiger partial charge in [0.15, 0.2) is 10.9 Å². The number of rotatable bonds is 7. The van der Waals surface area contributed by atoms with Gasteiger partial charge in [-0.1, -0.05) is 89.6 Å². The van der Waals surface area contributed by atoms with Crippen LogP contribution in [0.2, 0.25) is 10.0 Å². The van der Waals surface area contributed by atoms with Crippen LogP contribution in [-0.4, -0.2) is 22.7 Å². The molecule has 1 fully saturated rings. The van der Waals surface area contributed by atoms with E-state index >= 15 is 0 Å². The number of nitrogens with one attached hydrogen (secondary N) is 1. The summed E-state index contributed by atoms with van der Waals surface area (Å²) in [6.45, 7) is 0.319. The average Bonchev–Trinajstić information content (AvgIpc) is 3.11. The van der Waals surface area contributed by atoms with Crippen molar-refractivity contribution in [1.29, 1.82) is 0 Å². The van der Waals surface area contributed by atoms with Crippen molar-refractivity contribution in [3.63, 3.8) is 0 Å². The summed E-state index contributed by atoms with van der Waals surface area (Å²) in [6.07, 6.45) is 1.74. The van der Waals surface area contributed by atoms with Crippen LogP contribution in [0.4, 0.5) is 5.69 Å². The highest BCUT2D eigenvalue weighted by Crippen LogP contribution is 2.38. The van der Waals surface area contributed by atoms with Crippen molar-refractivity contribution < 1.29 is 14.3 Å². The summed E-state index contributed by atoms with van der Waals surface area (Å²) in [5.41, 5.74) is 2.31. The molecule has 0 unspecified atom stereocenters. The first-order valence-corrected chi connectivity index (χ1v) is 12.2. The van der Waals surface area contributed by atoms with Gasteiger partial charge in [-0.15, -0.1) is 0 Å².